The third kappa shape index (κ3) is 7.80. The molecule has 0 radical (unpaired) electrons. The molecule has 0 spiro atoms. The summed E-state index contributed by atoms with van der Waals surface area (Å²) in [5.41, 5.74) is -0.0830. The maximum atomic E-state index is 13.7. The highest BCUT2D eigenvalue weighted by Gasteiger charge is 2.41. The van der Waals surface area contributed by atoms with Crippen LogP contribution in [0.5, 0.6) is 0 Å². The van der Waals surface area contributed by atoms with Crippen LogP contribution in [0.2, 0.25) is 5.02 Å². The van der Waals surface area contributed by atoms with E-state index in [-0.39, 0.29) is 23.3 Å². The molecule has 0 saturated carbocycles. The van der Waals surface area contributed by atoms with Crippen LogP contribution >= 0.6 is 11.6 Å². The number of hydrogen-bond donors (Lipinski definition) is 3. The lowest BCUT2D eigenvalue weighted by Crippen LogP contribution is -2.61. The maximum absolute atomic E-state index is 13.7. The SMILES string of the molecule is CN[C@@H](C(=O)NC(C(=O)N(C)[C@H](/C=C(\C)C(=O)O)C(C)C)C(C)(C)C)C(C)(C)c1ccc(Cl)cc1. The van der Waals surface area contributed by atoms with Gasteiger partial charge in [-0.25, -0.2) is 4.79 Å². The van der Waals surface area contributed by atoms with E-state index in [1.165, 1.54) is 11.8 Å². The summed E-state index contributed by atoms with van der Waals surface area (Å²) in [6, 6.07) is 5.48. The fourth-order valence-electron chi connectivity index (χ4n) is 4.17. The quantitative estimate of drug-likeness (QED) is 0.411. The highest BCUT2D eigenvalue weighted by Crippen LogP contribution is 2.30. The molecule has 1 aromatic carbocycles. The smallest absolute Gasteiger partial charge is 0.331 e. The molecule has 0 aromatic heterocycles. The molecule has 1 rings (SSSR count). The Hall–Kier alpha value is -2.38. The van der Waals surface area contributed by atoms with Crippen molar-refractivity contribution in [2.75, 3.05) is 14.1 Å². The summed E-state index contributed by atoms with van der Waals surface area (Å²) >= 11 is 6.04. The molecule has 0 aliphatic heterocycles. The van der Waals surface area contributed by atoms with Crippen molar-refractivity contribution in [1.29, 1.82) is 0 Å². The van der Waals surface area contributed by atoms with Crippen LogP contribution in [-0.2, 0) is 19.8 Å². The van der Waals surface area contributed by atoms with Crippen LogP contribution in [0.4, 0.5) is 0 Å². The van der Waals surface area contributed by atoms with E-state index in [2.05, 4.69) is 10.6 Å². The van der Waals surface area contributed by atoms with Crippen molar-refractivity contribution in [1.82, 2.24) is 15.5 Å². The zero-order chi connectivity index (χ0) is 27.3. The van der Waals surface area contributed by atoms with Crippen molar-refractivity contribution in [3.63, 3.8) is 0 Å². The lowest BCUT2D eigenvalue weighted by atomic mass is 9.76. The second-order valence-corrected chi connectivity index (χ2v) is 11.5. The summed E-state index contributed by atoms with van der Waals surface area (Å²) in [6.45, 7) is 15.0. The second kappa shape index (κ2) is 12.0. The van der Waals surface area contributed by atoms with E-state index in [4.69, 9.17) is 11.6 Å². The normalized spacial score (nSPS) is 15.4. The molecule has 0 aliphatic carbocycles. The lowest BCUT2D eigenvalue weighted by Gasteiger charge is -2.40. The molecule has 1 unspecified atom stereocenters. The molecule has 0 aliphatic rings. The number of carboxylic acid groups (broad SMARTS) is 1. The summed E-state index contributed by atoms with van der Waals surface area (Å²) in [5, 5.41) is 16.0. The Kier molecular flexibility index (Phi) is 10.5. The third-order valence-corrected chi connectivity index (χ3v) is 6.75. The molecule has 0 heterocycles. The molecular formula is C27H42ClN3O4. The number of carboxylic acids is 1. The molecule has 2 amide bonds. The van der Waals surface area contributed by atoms with Crippen LogP contribution < -0.4 is 10.6 Å². The maximum Gasteiger partial charge on any atom is 0.331 e. The van der Waals surface area contributed by atoms with Gasteiger partial charge in [0.05, 0.1) is 12.1 Å². The van der Waals surface area contributed by atoms with E-state index >= 15 is 0 Å². The van der Waals surface area contributed by atoms with Gasteiger partial charge in [0.2, 0.25) is 11.8 Å². The monoisotopic (exact) mass is 507 g/mol. The largest absolute Gasteiger partial charge is 0.478 e. The Morgan fingerprint density at radius 3 is 1.94 bits per heavy atom. The Balaban J connectivity index is 3.30. The first-order valence-electron chi connectivity index (χ1n) is 11.9. The van der Waals surface area contributed by atoms with E-state index in [1.807, 2.05) is 60.6 Å². The predicted molar refractivity (Wildman–Crippen MR) is 142 cm³/mol. The molecule has 0 bridgehead atoms. The topological polar surface area (TPSA) is 98.7 Å². The van der Waals surface area contributed by atoms with E-state index in [0.717, 1.165) is 5.56 Å². The van der Waals surface area contributed by atoms with Gasteiger partial charge in [-0.3, -0.25) is 9.59 Å². The first-order chi connectivity index (χ1) is 15.9. The number of hydrogen-bond acceptors (Lipinski definition) is 4. The number of nitrogens with one attached hydrogen (secondary N) is 2. The standard InChI is InChI=1S/C27H42ClN3O4/c1-16(2)20(15-17(3)25(34)35)31(10)24(33)22(26(4,5)6)30-23(32)21(29-9)27(7,8)18-11-13-19(28)14-12-18/h11-16,20-22,29H,1-10H3,(H,30,32)(H,34,35)/b17-15+/t20-,21+,22?/m1/s1. The van der Waals surface area contributed by atoms with Gasteiger partial charge in [0.25, 0.3) is 0 Å². The van der Waals surface area contributed by atoms with E-state index in [9.17, 15) is 19.5 Å². The number of carbonyl (C=O) groups is 3. The summed E-state index contributed by atoms with van der Waals surface area (Å²) in [4.78, 5) is 40.2. The molecule has 7 nitrogen and oxygen atoms in total. The van der Waals surface area contributed by atoms with Gasteiger partial charge in [-0.2, -0.15) is 0 Å². The molecule has 1 aromatic rings. The number of likely N-dealkylation sites (N-methyl/N-ethyl adjacent to an activating group) is 2. The van der Waals surface area contributed by atoms with E-state index in [1.54, 1.807) is 32.3 Å². The van der Waals surface area contributed by atoms with Crippen LogP contribution in [0.3, 0.4) is 0 Å². The zero-order valence-corrected chi connectivity index (χ0v) is 23.4. The minimum absolute atomic E-state index is 0.0246. The van der Waals surface area contributed by atoms with Gasteiger partial charge < -0.3 is 20.6 Å². The van der Waals surface area contributed by atoms with Gasteiger partial charge in [-0.15, -0.1) is 0 Å². The number of carbonyl (C=O) groups excluding carboxylic acids is 2. The lowest BCUT2D eigenvalue weighted by molar-refractivity contribution is -0.141. The first kappa shape index (κ1) is 30.7. The highest BCUT2D eigenvalue weighted by atomic mass is 35.5. The number of aliphatic carboxylic acids is 1. The van der Waals surface area contributed by atoms with E-state index < -0.39 is 34.9 Å². The molecule has 0 saturated heterocycles. The van der Waals surface area contributed by atoms with Gasteiger partial charge in [0.1, 0.15) is 6.04 Å². The molecule has 196 valence electrons. The van der Waals surface area contributed by atoms with Gasteiger partial charge in [-0.1, -0.05) is 78.3 Å². The fourth-order valence-corrected chi connectivity index (χ4v) is 4.30. The van der Waals surface area contributed by atoms with Crippen molar-refractivity contribution in [3.8, 4) is 0 Å². The predicted octanol–water partition coefficient (Wildman–Crippen LogP) is 4.25. The zero-order valence-electron chi connectivity index (χ0n) is 22.7. The van der Waals surface area contributed by atoms with Crippen LogP contribution in [0, 0.1) is 11.3 Å². The number of nitrogens with zero attached hydrogens (tertiary/aromatic N) is 1. The highest BCUT2D eigenvalue weighted by molar-refractivity contribution is 6.30. The molecule has 0 fully saturated rings. The Morgan fingerprint density at radius 1 is 1.03 bits per heavy atom. The van der Waals surface area contributed by atoms with Crippen molar-refractivity contribution >= 4 is 29.4 Å². The molecule has 3 N–H and O–H groups in total. The van der Waals surface area contributed by atoms with Crippen LogP contribution in [0.25, 0.3) is 0 Å². The number of halogens is 1. The van der Waals surface area contributed by atoms with Gasteiger partial charge in [0.15, 0.2) is 0 Å². The summed E-state index contributed by atoms with van der Waals surface area (Å²) in [7, 11) is 3.37. The number of amides is 2. The van der Waals surface area contributed by atoms with Crippen molar-refractivity contribution in [3.05, 3.63) is 46.5 Å². The Morgan fingerprint density at radius 2 is 1.54 bits per heavy atom. The average molecular weight is 508 g/mol. The molecule has 8 heteroatoms. The summed E-state index contributed by atoms with van der Waals surface area (Å²) in [6.07, 6.45) is 1.59. The Labute approximate surface area is 215 Å². The molecular weight excluding hydrogens is 466 g/mol. The van der Waals surface area contributed by atoms with Crippen molar-refractivity contribution in [2.45, 2.75) is 78.9 Å². The average Bonchev–Trinajstić information content (AvgIpc) is 2.74. The summed E-state index contributed by atoms with van der Waals surface area (Å²) < 4.78 is 0. The number of benzene rings is 1. The minimum atomic E-state index is -1.03. The fraction of sp³-hybridized carbons (Fsp3) is 0.593. The number of rotatable bonds is 10. The van der Waals surface area contributed by atoms with Gasteiger partial charge >= 0.3 is 5.97 Å². The van der Waals surface area contributed by atoms with Crippen LogP contribution in [0.15, 0.2) is 35.9 Å². The summed E-state index contributed by atoms with van der Waals surface area (Å²) in [5.74, 6) is -1.63. The molecule has 35 heavy (non-hydrogen) atoms. The second-order valence-electron chi connectivity index (χ2n) is 11.1. The first-order valence-corrected chi connectivity index (χ1v) is 12.2. The molecule has 3 atom stereocenters. The van der Waals surface area contributed by atoms with Crippen LogP contribution in [0.1, 0.15) is 61.0 Å². The minimum Gasteiger partial charge on any atom is -0.478 e. The van der Waals surface area contributed by atoms with Gasteiger partial charge in [-0.05, 0) is 43.0 Å². The third-order valence-electron chi connectivity index (χ3n) is 6.50. The Bertz CT molecular complexity index is 933. The van der Waals surface area contributed by atoms with Crippen molar-refractivity contribution in [2.24, 2.45) is 11.3 Å². The van der Waals surface area contributed by atoms with Crippen molar-refractivity contribution < 1.29 is 19.5 Å². The van der Waals surface area contributed by atoms with Gasteiger partial charge in [0, 0.05) is 23.1 Å². The van der Waals surface area contributed by atoms with Crippen LogP contribution in [-0.4, -0.2) is 60.0 Å². The van der Waals surface area contributed by atoms with E-state index in [0.29, 0.717) is 5.02 Å².